The summed E-state index contributed by atoms with van der Waals surface area (Å²) >= 11 is 12.6. The van der Waals surface area contributed by atoms with Crippen LogP contribution in [0.4, 0.5) is 0 Å². The van der Waals surface area contributed by atoms with Crippen molar-refractivity contribution in [3.63, 3.8) is 0 Å². The molecule has 4 atom stereocenters. The lowest BCUT2D eigenvalue weighted by Gasteiger charge is -2.48. The van der Waals surface area contributed by atoms with Crippen molar-refractivity contribution in [3.05, 3.63) is 81.9 Å². The van der Waals surface area contributed by atoms with Gasteiger partial charge in [0.15, 0.2) is 9.84 Å². The van der Waals surface area contributed by atoms with Gasteiger partial charge >= 0.3 is 0 Å². The van der Waals surface area contributed by atoms with Gasteiger partial charge in [0, 0.05) is 17.5 Å². The second kappa shape index (κ2) is 11.0. The van der Waals surface area contributed by atoms with Crippen LogP contribution in [0.1, 0.15) is 68.9 Å². The van der Waals surface area contributed by atoms with Gasteiger partial charge in [-0.1, -0.05) is 47.5 Å². The van der Waals surface area contributed by atoms with E-state index in [0.717, 1.165) is 18.4 Å². The van der Waals surface area contributed by atoms with E-state index < -0.39 is 38.9 Å². The summed E-state index contributed by atoms with van der Waals surface area (Å²) in [5, 5.41) is 10.2. The fraction of sp³-hybridized carbons (Fsp3) is 0.448. The minimum atomic E-state index is -3.55. The van der Waals surface area contributed by atoms with Gasteiger partial charge in [-0.05, 0) is 74.9 Å². The van der Waals surface area contributed by atoms with Crippen LogP contribution in [0.15, 0.2) is 55.1 Å². The molecule has 1 saturated heterocycles. The molecular weight excluding hydrogens is 543 g/mol. The van der Waals surface area contributed by atoms with Gasteiger partial charge < -0.3 is 9.64 Å². The Morgan fingerprint density at radius 2 is 1.79 bits per heavy atom. The van der Waals surface area contributed by atoms with Gasteiger partial charge in [0.1, 0.15) is 18.3 Å². The first-order valence-corrected chi connectivity index (χ1v) is 15.0. The van der Waals surface area contributed by atoms with E-state index in [1.165, 1.54) is 0 Å². The number of benzene rings is 2. The third-order valence-electron chi connectivity index (χ3n) is 7.31. The molecule has 1 aliphatic heterocycles. The van der Waals surface area contributed by atoms with Gasteiger partial charge in [0.25, 0.3) is 5.91 Å². The van der Waals surface area contributed by atoms with Crippen molar-refractivity contribution < 1.29 is 17.9 Å². The summed E-state index contributed by atoms with van der Waals surface area (Å²) < 4.78 is 32.4. The SMILES string of the molecule is C=CC[C@H]1O[C@H](c2ccc(C#N)c(Cl)c2)[C@@H](c2ccc(Cl)cc2)N([C@H](CS(=O)(=O)C(C)(C)C)C2CC2)C1=O. The Kier molecular flexibility index (Phi) is 8.30. The molecule has 1 aliphatic carbocycles. The fourth-order valence-electron chi connectivity index (χ4n) is 4.89. The van der Waals surface area contributed by atoms with Crippen molar-refractivity contribution in [2.75, 3.05) is 5.75 Å². The van der Waals surface area contributed by atoms with Gasteiger partial charge in [-0.2, -0.15) is 5.26 Å². The molecule has 4 rings (SSSR count). The zero-order valence-corrected chi connectivity index (χ0v) is 24.1. The molecular formula is C29H32Cl2N2O4S. The average molecular weight is 576 g/mol. The van der Waals surface area contributed by atoms with Crippen LogP contribution < -0.4 is 0 Å². The molecule has 0 unspecified atom stereocenters. The Balaban J connectivity index is 1.90. The van der Waals surface area contributed by atoms with Gasteiger partial charge in [-0.25, -0.2) is 8.42 Å². The highest BCUT2D eigenvalue weighted by Gasteiger charge is 2.51. The highest BCUT2D eigenvalue weighted by molar-refractivity contribution is 7.92. The minimum Gasteiger partial charge on any atom is -0.358 e. The first-order chi connectivity index (χ1) is 17.9. The first kappa shape index (κ1) is 28.6. The van der Waals surface area contributed by atoms with Crippen LogP contribution in [0.5, 0.6) is 0 Å². The lowest BCUT2D eigenvalue weighted by molar-refractivity contribution is -0.178. The van der Waals surface area contributed by atoms with Gasteiger partial charge in [0.2, 0.25) is 0 Å². The smallest absolute Gasteiger partial charge is 0.252 e. The number of hydrogen-bond donors (Lipinski definition) is 0. The zero-order valence-electron chi connectivity index (χ0n) is 21.7. The Morgan fingerprint density at radius 1 is 1.16 bits per heavy atom. The largest absolute Gasteiger partial charge is 0.358 e. The zero-order chi connectivity index (χ0) is 27.8. The number of carbonyl (C=O) groups excluding carboxylic acids is 1. The van der Waals surface area contributed by atoms with Crippen molar-refractivity contribution in [1.82, 2.24) is 4.90 Å². The van der Waals surface area contributed by atoms with E-state index in [-0.39, 0.29) is 29.0 Å². The lowest BCUT2D eigenvalue weighted by Crippen LogP contribution is -2.57. The fourth-order valence-corrected chi connectivity index (χ4v) is 6.63. The summed E-state index contributed by atoms with van der Waals surface area (Å²) in [5.41, 5.74) is 1.79. The van der Waals surface area contributed by atoms with Gasteiger partial charge in [-0.15, -0.1) is 6.58 Å². The highest BCUT2D eigenvalue weighted by Crippen LogP contribution is 2.48. The van der Waals surface area contributed by atoms with Crippen molar-refractivity contribution >= 4 is 38.9 Å². The number of carbonyl (C=O) groups is 1. The molecule has 2 aromatic rings. The summed E-state index contributed by atoms with van der Waals surface area (Å²) in [6, 6.07) is 13.2. The van der Waals surface area contributed by atoms with Crippen molar-refractivity contribution in [1.29, 1.82) is 5.26 Å². The number of rotatable bonds is 8. The number of hydrogen-bond acceptors (Lipinski definition) is 5. The molecule has 2 aliphatic rings. The predicted molar refractivity (Wildman–Crippen MR) is 150 cm³/mol. The molecule has 202 valence electrons. The second-order valence-corrected chi connectivity index (χ2v) is 14.6. The summed E-state index contributed by atoms with van der Waals surface area (Å²) in [5.74, 6) is -0.334. The van der Waals surface area contributed by atoms with Crippen molar-refractivity contribution in [3.8, 4) is 6.07 Å². The van der Waals surface area contributed by atoms with Crippen LogP contribution in [0, 0.1) is 17.2 Å². The quantitative estimate of drug-likeness (QED) is 0.338. The van der Waals surface area contributed by atoms with Crippen LogP contribution in [0.3, 0.4) is 0 Å². The predicted octanol–water partition coefficient (Wildman–Crippen LogP) is 6.44. The molecule has 2 aromatic carbocycles. The van der Waals surface area contributed by atoms with E-state index in [4.69, 9.17) is 27.9 Å². The van der Waals surface area contributed by atoms with E-state index in [0.29, 0.717) is 16.1 Å². The number of ether oxygens (including phenoxy) is 1. The van der Waals surface area contributed by atoms with Crippen LogP contribution in [-0.2, 0) is 19.4 Å². The number of amides is 1. The van der Waals surface area contributed by atoms with Crippen LogP contribution in [-0.4, -0.2) is 41.9 Å². The maximum atomic E-state index is 14.1. The molecule has 1 saturated carbocycles. The van der Waals surface area contributed by atoms with E-state index in [9.17, 15) is 18.5 Å². The molecule has 0 aromatic heterocycles. The third kappa shape index (κ3) is 5.79. The topological polar surface area (TPSA) is 87.5 Å². The minimum absolute atomic E-state index is 0.0681. The normalized spacial score (nSPS) is 23.1. The molecule has 0 spiro atoms. The van der Waals surface area contributed by atoms with E-state index in [1.54, 1.807) is 62.1 Å². The number of nitriles is 1. The van der Waals surface area contributed by atoms with Gasteiger partial charge in [-0.3, -0.25) is 4.79 Å². The maximum absolute atomic E-state index is 14.1. The van der Waals surface area contributed by atoms with Gasteiger partial charge in [0.05, 0.1) is 27.1 Å². The maximum Gasteiger partial charge on any atom is 0.252 e. The number of halogens is 2. The highest BCUT2D eigenvalue weighted by atomic mass is 35.5. The molecule has 0 bridgehead atoms. The number of nitrogens with zero attached hydrogens (tertiary/aromatic N) is 2. The number of morpholine rings is 1. The standard InChI is InChI=1S/C29H32Cl2N2O4S/c1-5-6-25-28(34)33(24(18-7-8-18)17-38(35,36)29(2,3)4)26(19-11-13-22(30)14-12-19)27(37-25)20-9-10-21(16-32)23(31)15-20/h5,9-15,18,24-27H,1,6-8,17H2,2-4H3/t24-,25-,26-,27-/m1/s1. The average Bonchev–Trinajstić information content (AvgIpc) is 3.69. The second-order valence-electron chi connectivity index (χ2n) is 11.0. The molecule has 0 N–H and O–H groups in total. The lowest BCUT2D eigenvalue weighted by atomic mass is 9.89. The summed E-state index contributed by atoms with van der Waals surface area (Å²) in [6.07, 6.45) is 2.09. The number of sulfone groups is 1. The molecule has 38 heavy (non-hydrogen) atoms. The molecule has 1 heterocycles. The Morgan fingerprint density at radius 3 is 2.32 bits per heavy atom. The molecule has 6 nitrogen and oxygen atoms in total. The van der Waals surface area contributed by atoms with E-state index >= 15 is 0 Å². The van der Waals surface area contributed by atoms with E-state index in [1.807, 2.05) is 12.1 Å². The summed E-state index contributed by atoms with van der Waals surface area (Å²) in [4.78, 5) is 15.8. The summed E-state index contributed by atoms with van der Waals surface area (Å²) in [6.45, 7) is 8.86. The first-order valence-electron chi connectivity index (χ1n) is 12.6. The molecule has 2 fully saturated rings. The van der Waals surface area contributed by atoms with E-state index in [2.05, 4.69) is 12.6 Å². The van der Waals surface area contributed by atoms with Crippen LogP contribution in [0.2, 0.25) is 10.0 Å². The Hall–Kier alpha value is -2.37. The Labute approximate surface area is 235 Å². The van der Waals surface area contributed by atoms with Crippen LogP contribution in [0.25, 0.3) is 0 Å². The summed E-state index contributed by atoms with van der Waals surface area (Å²) in [7, 11) is -3.55. The van der Waals surface area contributed by atoms with Crippen molar-refractivity contribution in [2.45, 2.75) is 69.1 Å². The Bertz CT molecular complexity index is 1360. The third-order valence-corrected chi connectivity index (χ3v) is 10.5. The molecule has 1 amide bonds. The van der Waals surface area contributed by atoms with Crippen LogP contribution >= 0.6 is 23.2 Å². The molecule has 9 heteroatoms. The monoisotopic (exact) mass is 574 g/mol. The molecule has 0 radical (unpaired) electrons. The van der Waals surface area contributed by atoms with Crippen molar-refractivity contribution in [2.24, 2.45) is 5.92 Å².